The number of benzene rings is 1. The lowest BCUT2D eigenvalue weighted by Gasteiger charge is -2.09. The minimum absolute atomic E-state index is 0.420. The van der Waals surface area contributed by atoms with E-state index in [1.807, 2.05) is 25.1 Å². The van der Waals surface area contributed by atoms with Crippen molar-refractivity contribution in [3.8, 4) is 11.5 Å². The normalized spacial score (nSPS) is 10.4. The van der Waals surface area contributed by atoms with Crippen molar-refractivity contribution in [2.75, 3.05) is 10.6 Å². The summed E-state index contributed by atoms with van der Waals surface area (Å²) in [6.45, 7) is 1.92. The van der Waals surface area contributed by atoms with Crippen LogP contribution < -0.4 is 10.6 Å². The van der Waals surface area contributed by atoms with Crippen molar-refractivity contribution in [2.45, 2.75) is 6.92 Å². The zero-order valence-corrected chi connectivity index (χ0v) is 15.6. The fraction of sp³-hybridized carbons (Fsp3) is 0.0476. The zero-order chi connectivity index (χ0) is 20.1. The Bertz CT molecular complexity index is 1150. The largest absolute Gasteiger partial charge is 0.325 e. The van der Waals surface area contributed by atoms with Crippen LogP contribution in [0.5, 0.6) is 0 Å². The van der Waals surface area contributed by atoms with E-state index in [2.05, 4.69) is 35.6 Å². The van der Waals surface area contributed by atoms with Gasteiger partial charge < -0.3 is 10.6 Å². The molecule has 0 radical (unpaired) electrons. The first kappa shape index (κ1) is 18.2. The number of hydrogen-bond donors (Lipinski definition) is 2. The third-order valence-corrected chi connectivity index (χ3v) is 3.99. The van der Waals surface area contributed by atoms with E-state index in [4.69, 9.17) is 0 Å². The maximum Gasteiger partial charge on any atom is 0.229 e. The summed E-state index contributed by atoms with van der Waals surface area (Å²) in [7, 11) is 0. The number of carbonyl (C=O) groups is 1. The van der Waals surface area contributed by atoms with E-state index in [-0.39, 0.29) is 0 Å². The molecule has 4 aromatic rings. The van der Waals surface area contributed by atoms with Gasteiger partial charge in [0, 0.05) is 29.3 Å². The van der Waals surface area contributed by atoms with E-state index >= 15 is 0 Å². The number of pyridine rings is 1. The topological polar surface area (TPSA) is 106 Å². The Labute approximate surface area is 167 Å². The molecule has 8 nitrogen and oxygen atoms in total. The Morgan fingerprint density at radius 3 is 2.31 bits per heavy atom. The summed E-state index contributed by atoms with van der Waals surface area (Å²) in [5, 5.41) is 6.26. The molecule has 1 aromatic carbocycles. The first-order valence-electron chi connectivity index (χ1n) is 8.89. The van der Waals surface area contributed by atoms with E-state index in [1.165, 1.54) is 0 Å². The summed E-state index contributed by atoms with van der Waals surface area (Å²) in [6.07, 6.45) is 4.11. The number of aldehydes is 1. The molecular weight excluding hydrogens is 366 g/mol. The van der Waals surface area contributed by atoms with E-state index in [9.17, 15) is 4.79 Å². The van der Waals surface area contributed by atoms with Crippen LogP contribution in [0.15, 0.2) is 67.0 Å². The highest BCUT2D eigenvalue weighted by Crippen LogP contribution is 2.19. The van der Waals surface area contributed by atoms with Crippen LogP contribution in [0.25, 0.3) is 11.5 Å². The van der Waals surface area contributed by atoms with Crippen LogP contribution in [-0.2, 0) is 0 Å². The molecule has 29 heavy (non-hydrogen) atoms. The molecule has 3 heterocycles. The van der Waals surface area contributed by atoms with Crippen LogP contribution >= 0.6 is 0 Å². The number of hydrogen-bond acceptors (Lipinski definition) is 8. The van der Waals surface area contributed by atoms with Gasteiger partial charge in [-0.1, -0.05) is 6.07 Å². The van der Waals surface area contributed by atoms with Gasteiger partial charge in [-0.2, -0.15) is 4.98 Å². The number of nitrogens with zero attached hydrogens (tertiary/aromatic N) is 5. The summed E-state index contributed by atoms with van der Waals surface area (Å²) in [6, 6.07) is 16.2. The summed E-state index contributed by atoms with van der Waals surface area (Å²) in [5.41, 5.74) is 2.99. The van der Waals surface area contributed by atoms with Crippen molar-refractivity contribution in [3.05, 3.63) is 78.2 Å². The van der Waals surface area contributed by atoms with E-state index in [0.717, 1.165) is 17.7 Å². The van der Waals surface area contributed by atoms with Gasteiger partial charge in [0.2, 0.25) is 5.95 Å². The van der Waals surface area contributed by atoms with E-state index < -0.39 is 0 Å². The number of carbonyl (C=O) groups excluding carboxylic acids is 1. The minimum atomic E-state index is 0.420. The second-order valence-electron chi connectivity index (χ2n) is 6.19. The summed E-state index contributed by atoms with van der Waals surface area (Å²) in [4.78, 5) is 32.7. The second kappa shape index (κ2) is 8.22. The first-order valence-corrected chi connectivity index (χ1v) is 8.89. The van der Waals surface area contributed by atoms with Gasteiger partial charge in [-0.3, -0.25) is 4.79 Å². The molecule has 0 bridgehead atoms. The molecule has 0 saturated carbocycles. The van der Waals surface area contributed by atoms with Gasteiger partial charge in [0.05, 0.1) is 0 Å². The molecule has 4 rings (SSSR count). The fourth-order valence-electron chi connectivity index (χ4n) is 2.61. The van der Waals surface area contributed by atoms with E-state index in [1.54, 1.807) is 48.8 Å². The Morgan fingerprint density at radius 2 is 1.55 bits per heavy atom. The molecule has 142 valence electrons. The average molecular weight is 383 g/mol. The Kier molecular flexibility index (Phi) is 5.15. The minimum Gasteiger partial charge on any atom is -0.325 e. The molecule has 3 aromatic heterocycles. The summed E-state index contributed by atoms with van der Waals surface area (Å²) in [5.74, 6) is 2.12. The third-order valence-electron chi connectivity index (χ3n) is 3.99. The van der Waals surface area contributed by atoms with Crippen LogP contribution in [0, 0.1) is 6.92 Å². The van der Waals surface area contributed by atoms with Gasteiger partial charge in [0.1, 0.15) is 23.6 Å². The van der Waals surface area contributed by atoms with Gasteiger partial charge in [-0.05, 0) is 55.5 Å². The second-order valence-corrected chi connectivity index (χ2v) is 6.19. The third kappa shape index (κ3) is 4.56. The highest BCUT2D eigenvalue weighted by atomic mass is 16.1. The lowest BCUT2D eigenvalue weighted by molar-refractivity contribution is 0.112. The molecule has 0 unspecified atom stereocenters. The maximum atomic E-state index is 10.8. The molecule has 0 fully saturated rings. The predicted octanol–water partition coefficient (Wildman–Crippen LogP) is 3.94. The van der Waals surface area contributed by atoms with Crippen LogP contribution in [0.2, 0.25) is 0 Å². The molecular formula is C21H17N7O. The van der Waals surface area contributed by atoms with Gasteiger partial charge in [0.25, 0.3) is 0 Å². The molecule has 0 aliphatic carbocycles. The number of aromatic nitrogens is 5. The average Bonchev–Trinajstić information content (AvgIpc) is 2.75. The van der Waals surface area contributed by atoms with Gasteiger partial charge in [0.15, 0.2) is 5.82 Å². The standard InChI is InChI=1S/C21H17N7O/c1-14-3-2-4-17(24-14)20-22-11-9-18(27-20)26-19-10-12-23-21(28-19)25-16-7-5-15(13-29)6-8-16/h2-13H,1H3,(H2,22,23,25,26,27,28). The van der Waals surface area contributed by atoms with Crippen LogP contribution in [0.3, 0.4) is 0 Å². The number of anilines is 4. The van der Waals surface area contributed by atoms with Crippen LogP contribution in [-0.4, -0.2) is 31.2 Å². The lowest BCUT2D eigenvalue weighted by atomic mass is 10.2. The highest BCUT2D eigenvalue weighted by molar-refractivity contribution is 5.76. The molecule has 0 aliphatic rings. The van der Waals surface area contributed by atoms with Crippen molar-refractivity contribution in [1.82, 2.24) is 24.9 Å². The SMILES string of the molecule is Cc1cccc(-c2nccc(Nc3ccnc(Nc4ccc(C=O)cc4)n3)n2)n1. The van der Waals surface area contributed by atoms with Gasteiger partial charge >= 0.3 is 0 Å². The van der Waals surface area contributed by atoms with Crippen molar-refractivity contribution < 1.29 is 4.79 Å². The molecule has 0 saturated heterocycles. The molecule has 8 heteroatoms. The molecule has 2 N–H and O–H groups in total. The molecule has 0 amide bonds. The fourth-order valence-corrected chi connectivity index (χ4v) is 2.61. The van der Waals surface area contributed by atoms with Crippen molar-refractivity contribution in [1.29, 1.82) is 0 Å². The molecule has 0 aliphatic heterocycles. The predicted molar refractivity (Wildman–Crippen MR) is 110 cm³/mol. The summed E-state index contributed by atoms with van der Waals surface area (Å²) < 4.78 is 0. The lowest BCUT2D eigenvalue weighted by Crippen LogP contribution is -2.02. The van der Waals surface area contributed by atoms with Crippen LogP contribution in [0.4, 0.5) is 23.3 Å². The maximum absolute atomic E-state index is 10.8. The number of nitrogens with one attached hydrogen (secondary N) is 2. The Balaban J connectivity index is 1.52. The Morgan fingerprint density at radius 1 is 0.793 bits per heavy atom. The first-order chi connectivity index (χ1) is 14.2. The smallest absolute Gasteiger partial charge is 0.229 e. The molecule has 0 spiro atoms. The Hall–Kier alpha value is -4.20. The van der Waals surface area contributed by atoms with Crippen molar-refractivity contribution in [3.63, 3.8) is 0 Å². The van der Waals surface area contributed by atoms with Crippen LogP contribution in [0.1, 0.15) is 16.1 Å². The van der Waals surface area contributed by atoms with E-state index in [0.29, 0.717) is 34.7 Å². The quantitative estimate of drug-likeness (QED) is 0.482. The number of rotatable bonds is 6. The van der Waals surface area contributed by atoms with Gasteiger partial charge in [-0.25, -0.2) is 19.9 Å². The van der Waals surface area contributed by atoms with Gasteiger partial charge in [-0.15, -0.1) is 0 Å². The zero-order valence-electron chi connectivity index (χ0n) is 15.6. The highest BCUT2D eigenvalue weighted by Gasteiger charge is 2.06. The number of aryl methyl sites for hydroxylation is 1. The van der Waals surface area contributed by atoms with Crippen molar-refractivity contribution in [2.24, 2.45) is 0 Å². The monoisotopic (exact) mass is 383 g/mol. The summed E-state index contributed by atoms with van der Waals surface area (Å²) >= 11 is 0. The van der Waals surface area contributed by atoms with Crippen molar-refractivity contribution >= 4 is 29.6 Å². The molecule has 0 atom stereocenters.